The molecular formula is C21H19ClN2O. The van der Waals surface area contributed by atoms with Crippen molar-refractivity contribution in [3.63, 3.8) is 0 Å². The molecule has 0 radical (unpaired) electrons. The Balaban J connectivity index is 1.83. The van der Waals surface area contributed by atoms with Crippen LogP contribution in [0, 0.1) is 6.92 Å². The fourth-order valence-electron chi connectivity index (χ4n) is 2.62. The minimum Gasteiger partial charge on any atom is -0.345 e. The molecule has 0 saturated carbocycles. The van der Waals surface area contributed by atoms with E-state index < -0.39 is 0 Å². The van der Waals surface area contributed by atoms with E-state index in [0.29, 0.717) is 17.1 Å². The lowest BCUT2D eigenvalue weighted by atomic mass is 10.1. The molecule has 0 amide bonds. The number of hydrogen-bond acceptors (Lipinski definition) is 3. The predicted molar refractivity (Wildman–Crippen MR) is 102 cm³/mol. The molecule has 0 bridgehead atoms. The number of anilines is 1. The second-order valence-electron chi connectivity index (χ2n) is 5.96. The quantitative estimate of drug-likeness (QED) is 0.591. The summed E-state index contributed by atoms with van der Waals surface area (Å²) in [4.78, 5) is 19.1. The first-order valence-electron chi connectivity index (χ1n) is 8.12. The van der Waals surface area contributed by atoms with E-state index in [2.05, 4.69) is 4.98 Å². The lowest BCUT2D eigenvalue weighted by Crippen LogP contribution is -2.30. The fraction of sp³-hybridized carbons (Fsp3) is 0.143. The molecule has 0 aliphatic rings. The van der Waals surface area contributed by atoms with Crippen LogP contribution >= 0.6 is 11.6 Å². The van der Waals surface area contributed by atoms with Gasteiger partial charge in [0.25, 0.3) is 0 Å². The first kappa shape index (κ1) is 17.2. The Morgan fingerprint density at radius 1 is 1.04 bits per heavy atom. The Morgan fingerprint density at radius 3 is 2.52 bits per heavy atom. The molecule has 0 saturated heterocycles. The minimum absolute atomic E-state index is 0.0627. The maximum absolute atomic E-state index is 12.7. The first-order valence-corrected chi connectivity index (χ1v) is 8.50. The third-order valence-corrected chi connectivity index (χ3v) is 4.18. The smallest absolute Gasteiger partial charge is 0.182 e. The van der Waals surface area contributed by atoms with Gasteiger partial charge in [-0.2, -0.15) is 0 Å². The predicted octanol–water partition coefficient (Wildman–Crippen LogP) is 4.93. The zero-order valence-electron chi connectivity index (χ0n) is 14.0. The van der Waals surface area contributed by atoms with Gasteiger partial charge in [0.2, 0.25) is 0 Å². The van der Waals surface area contributed by atoms with Gasteiger partial charge in [-0.3, -0.25) is 4.79 Å². The summed E-state index contributed by atoms with van der Waals surface area (Å²) in [7, 11) is 0. The molecule has 3 aromatic rings. The zero-order valence-corrected chi connectivity index (χ0v) is 14.8. The number of aryl methyl sites for hydroxylation is 1. The first-order chi connectivity index (χ1) is 12.1. The van der Waals surface area contributed by atoms with Gasteiger partial charge in [0.15, 0.2) is 5.78 Å². The molecule has 3 nitrogen and oxygen atoms in total. The van der Waals surface area contributed by atoms with Crippen molar-refractivity contribution in [3.8, 4) is 0 Å². The van der Waals surface area contributed by atoms with Gasteiger partial charge in [-0.15, -0.1) is 0 Å². The summed E-state index contributed by atoms with van der Waals surface area (Å²) in [5.41, 5.74) is 2.88. The van der Waals surface area contributed by atoms with Gasteiger partial charge in [-0.25, -0.2) is 4.98 Å². The molecule has 0 unspecified atom stereocenters. The van der Waals surface area contributed by atoms with Crippen molar-refractivity contribution in [2.75, 3.05) is 11.4 Å². The van der Waals surface area contributed by atoms with E-state index in [0.717, 1.165) is 16.9 Å². The Kier molecular flexibility index (Phi) is 5.46. The number of halogens is 1. The minimum atomic E-state index is 0.0627. The second-order valence-corrected chi connectivity index (χ2v) is 6.40. The molecule has 0 N–H and O–H groups in total. The van der Waals surface area contributed by atoms with Crippen LogP contribution in [-0.2, 0) is 6.54 Å². The number of ketones is 1. The van der Waals surface area contributed by atoms with Gasteiger partial charge in [0.1, 0.15) is 5.82 Å². The van der Waals surface area contributed by atoms with Crippen molar-refractivity contribution >= 4 is 23.2 Å². The van der Waals surface area contributed by atoms with E-state index in [1.165, 1.54) is 0 Å². The van der Waals surface area contributed by atoms with Crippen molar-refractivity contribution in [1.82, 2.24) is 4.98 Å². The third-order valence-electron chi connectivity index (χ3n) is 3.94. The van der Waals surface area contributed by atoms with Crippen LogP contribution < -0.4 is 4.90 Å². The molecular weight excluding hydrogens is 332 g/mol. The number of pyridine rings is 1. The van der Waals surface area contributed by atoms with Crippen LogP contribution in [0.4, 0.5) is 5.82 Å². The van der Waals surface area contributed by atoms with Crippen molar-refractivity contribution < 1.29 is 4.79 Å². The highest BCUT2D eigenvalue weighted by atomic mass is 35.5. The van der Waals surface area contributed by atoms with Crippen molar-refractivity contribution in [2.24, 2.45) is 0 Å². The highest BCUT2D eigenvalue weighted by Crippen LogP contribution is 2.18. The second kappa shape index (κ2) is 7.95. The number of aromatic nitrogens is 1. The summed E-state index contributed by atoms with van der Waals surface area (Å²) in [6, 6.07) is 21.0. The van der Waals surface area contributed by atoms with Gasteiger partial charge < -0.3 is 4.90 Å². The average Bonchev–Trinajstić information content (AvgIpc) is 2.62. The van der Waals surface area contributed by atoms with E-state index in [9.17, 15) is 4.79 Å². The van der Waals surface area contributed by atoms with E-state index in [1.807, 2.05) is 78.6 Å². The highest BCUT2D eigenvalue weighted by molar-refractivity contribution is 6.30. The summed E-state index contributed by atoms with van der Waals surface area (Å²) < 4.78 is 0. The Labute approximate surface area is 152 Å². The molecule has 4 heteroatoms. The highest BCUT2D eigenvalue weighted by Gasteiger charge is 2.15. The van der Waals surface area contributed by atoms with Gasteiger partial charge >= 0.3 is 0 Å². The van der Waals surface area contributed by atoms with Crippen molar-refractivity contribution in [3.05, 3.63) is 94.6 Å². The Hall–Kier alpha value is -2.65. The summed E-state index contributed by atoms with van der Waals surface area (Å²) >= 11 is 6.09. The van der Waals surface area contributed by atoms with Crippen LogP contribution in [0.1, 0.15) is 21.5 Å². The molecule has 1 heterocycles. The third kappa shape index (κ3) is 4.68. The van der Waals surface area contributed by atoms with Crippen LogP contribution in [-0.4, -0.2) is 17.3 Å². The monoisotopic (exact) mass is 350 g/mol. The van der Waals surface area contributed by atoms with Crippen molar-refractivity contribution in [1.29, 1.82) is 0 Å². The number of hydrogen-bond donors (Lipinski definition) is 0. The van der Waals surface area contributed by atoms with E-state index >= 15 is 0 Å². The lowest BCUT2D eigenvalue weighted by molar-refractivity contribution is 0.0998. The molecule has 126 valence electrons. The lowest BCUT2D eigenvalue weighted by Gasteiger charge is -2.23. The molecule has 0 aliphatic carbocycles. The number of nitrogens with zero attached hydrogens (tertiary/aromatic N) is 2. The molecule has 0 spiro atoms. The number of carbonyl (C=O) groups is 1. The van der Waals surface area contributed by atoms with E-state index in [1.54, 1.807) is 6.20 Å². The Morgan fingerprint density at radius 2 is 1.84 bits per heavy atom. The number of rotatable bonds is 6. The van der Waals surface area contributed by atoms with Gasteiger partial charge in [-0.1, -0.05) is 59.6 Å². The van der Waals surface area contributed by atoms with Crippen LogP contribution in [0.15, 0.2) is 72.9 Å². The van der Waals surface area contributed by atoms with Gasteiger partial charge in [-0.05, 0) is 36.8 Å². The summed E-state index contributed by atoms with van der Waals surface area (Å²) in [5, 5.41) is 0.684. The molecule has 3 rings (SSSR count). The molecule has 0 fully saturated rings. The Bertz CT molecular complexity index is 847. The number of benzene rings is 2. The van der Waals surface area contributed by atoms with Gasteiger partial charge in [0, 0.05) is 23.3 Å². The maximum Gasteiger partial charge on any atom is 0.182 e. The summed E-state index contributed by atoms with van der Waals surface area (Å²) in [6.45, 7) is 2.83. The molecule has 1 aromatic heterocycles. The summed E-state index contributed by atoms with van der Waals surface area (Å²) in [5.74, 6) is 0.829. The largest absolute Gasteiger partial charge is 0.345 e. The normalized spacial score (nSPS) is 10.5. The average molecular weight is 351 g/mol. The zero-order chi connectivity index (χ0) is 17.6. The SMILES string of the molecule is Cc1ccc(C(=O)CN(Cc2cccc(Cl)c2)c2ccccn2)cc1. The number of Topliss-reactive ketones (excluding diaryl/α,β-unsaturated/α-hetero) is 1. The maximum atomic E-state index is 12.7. The van der Waals surface area contributed by atoms with Crippen LogP contribution in [0.2, 0.25) is 5.02 Å². The fourth-order valence-corrected chi connectivity index (χ4v) is 2.83. The van der Waals surface area contributed by atoms with Crippen LogP contribution in [0.3, 0.4) is 0 Å². The van der Waals surface area contributed by atoms with Crippen LogP contribution in [0.25, 0.3) is 0 Å². The number of carbonyl (C=O) groups excluding carboxylic acids is 1. The van der Waals surface area contributed by atoms with Crippen molar-refractivity contribution in [2.45, 2.75) is 13.5 Å². The summed E-state index contributed by atoms with van der Waals surface area (Å²) in [6.07, 6.45) is 1.73. The topological polar surface area (TPSA) is 33.2 Å². The molecule has 0 atom stereocenters. The van der Waals surface area contributed by atoms with Gasteiger partial charge in [0.05, 0.1) is 6.54 Å². The molecule has 25 heavy (non-hydrogen) atoms. The molecule has 0 aliphatic heterocycles. The standard InChI is InChI=1S/C21H19ClN2O/c1-16-8-10-18(11-9-16)20(25)15-24(21-7-2-3-12-23-21)14-17-5-4-6-19(22)13-17/h2-13H,14-15H2,1H3. The van der Waals surface area contributed by atoms with E-state index in [4.69, 9.17) is 11.6 Å². The van der Waals surface area contributed by atoms with E-state index in [-0.39, 0.29) is 12.3 Å². The van der Waals surface area contributed by atoms with Crippen LogP contribution in [0.5, 0.6) is 0 Å². The molecule has 2 aromatic carbocycles.